The minimum Gasteiger partial charge on any atom is -0.212 e. The Morgan fingerprint density at radius 2 is 1.11 bits per heavy atom. The van der Waals surface area contributed by atoms with E-state index >= 15 is 0 Å². The fourth-order valence-electron chi connectivity index (χ4n) is 2.20. The molecule has 0 saturated heterocycles. The summed E-state index contributed by atoms with van der Waals surface area (Å²) in [5, 5.41) is 0. The van der Waals surface area contributed by atoms with Crippen LogP contribution in [0.4, 0.5) is 48.3 Å². The summed E-state index contributed by atoms with van der Waals surface area (Å²) in [7, 11) is 0. The topological polar surface area (TPSA) is 0 Å². The summed E-state index contributed by atoms with van der Waals surface area (Å²) in [5.41, 5.74) is -4.99. The summed E-state index contributed by atoms with van der Waals surface area (Å²) in [5.74, 6) is -22.0. The normalized spacial score (nSPS) is 13.0. The molecule has 0 aliphatic rings. The van der Waals surface area contributed by atoms with E-state index in [9.17, 15) is 48.3 Å². The smallest absolute Gasteiger partial charge is 0.197 e. The SMILES string of the molecule is F/C=C(F)/C(F)=C(/F)c1cc(F)c(F)c(Cc2c(F)c(F)cc(F)c2F)c1F. The summed E-state index contributed by atoms with van der Waals surface area (Å²) in [6.07, 6.45) is -2.71. The van der Waals surface area contributed by atoms with E-state index in [1.54, 1.807) is 0 Å². The van der Waals surface area contributed by atoms with Gasteiger partial charge in [-0.25, -0.2) is 48.3 Å². The van der Waals surface area contributed by atoms with E-state index in [1.165, 1.54) is 0 Å². The van der Waals surface area contributed by atoms with Crippen molar-refractivity contribution >= 4 is 5.83 Å². The van der Waals surface area contributed by atoms with E-state index in [2.05, 4.69) is 0 Å². The zero-order valence-corrected chi connectivity index (χ0v) is 13.1. The molecule has 0 unspecified atom stereocenters. The lowest BCUT2D eigenvalue weighted by Gasteiger charge is -2.12. The Kier molecular flexibility index (Phi) is 6.15. The van der Waals surface area contributed by atoms with Crippen molar-refractivity contribution in [1.29, 1.82) is 0 Å². The maximum Gasteiger partial charge on any atom is 0.197 e. The molecule has 0 aliphatic heterocycles. The molecule has 11 heteroatoms. The lowest BCUT2D eigenvalue weighted by molar-refractivity contribution is 0.436. The van der Waals surface area contributed by atoms with Crippen molar-refractivity contribution in [3.63, 3.8) is 0 Å². The Bertz CT molecular complexity index is 979. The summed E-state index contributed by atoms with van der Waals surface area (Å²) >= 11 is 0. The standard InChI is InChI=1S/C17H5F11/c18-4-11(22)17(28)16(27)7-2-8(19)13(24)5(12(7)23)1-6-14(25)9(20)3-10(21)15(6)26/h2-4H,1H2/b11-4-,17-16-. The molecular formula is C17H5F11. The molecule has 2 aromatic carbocycles. The van der Waals surface area contributed by atoms with Crippen LogP contribution in [0.5, 0.6) is 0 Å². The third-order valence-electron chi connectivity index (χ3n) is 3.54. The van der Waals surface area contributed by atoms with Crippen LogP contribution in [-0.4, -0.2) is 0 Å². The molecule has 0 amide bonds. The molecule has 0 nitrogen and oxygen atoms in total. The lowest BCUT2D eigenvalue weighted by atomic mass is 9.98. The van der Waals surface area contributed by atoms with Crippen molar-refractivity contribution in [2.24, 2.45) is 0 Å². The van der Waals surface area contributed by atoms with Crippen LogP contribution in [0.3, 0.4) is 0 Å². The molecule has 0 saturated carbocycles. The van der Waals surface area contributed by atoms with Gasteiger partial charge in [0.2, 0.25) is 0 Å². The first-order valence-electron chi connectivity index (χ1n) is 7.01. The van der Waals surface area contributed by atoms with Crippen molar-refractivity contribution in [3.8, 4) is 0 Å². The van der Waals surface area contributed by atoms with Gasteiger partial charge in [0.15, 0.2) is 52.4 Å². The lowest BCUT2D eigenvalue weighted by Crippen LogP contribution is -2.09. The molecule has 0 radical (unpaired) electrons. The molecule has 0 bridgehead atoms. The summed E-state index contributed by atoms with van der Waals surface area (Å²) in [4.78, 5) is 0. The Balaban J connectivity index is 2.74. The van der Waals surface area contributed by atoms with Gasteiger partial charge < -0.3 is 0 Å². The first-order chi connectivity index (χ1) is 13.0. The predicted octanol–water partition coefficient (Wildman–Crippen LogP) is 6.64. The minimum atomic E-state index is -2.62. The predicted molar refractivity (Wildman–Crippen MR) is 74.8 cm³/mol. The van der Waals surface area contributed by atoms with Crippen LogP contribution in [0.15, 0.2) is 30.1 Å². The number of hydrogen-bond acceptors (Lipinski definition) is 0. The Morgan fingerprint density at radius 1 is 0.679 bits per heavy atom. The van der Waals surface area contributed by atoms with Gasteiger partial charge in [0.25, 0.3) is 0 Å². The molecule has 0 heterocycles. The molecule has 0 spiro atoms. The monoisotopic (exact) mass is 418 g/mol. The number of rotatable bonds is 4. The molecule has 0 aromatic heterocycles. The van der Waals surface area contributed by atoms with E-state index in [1.807, 2.05) is 0 Å². The summed E-state index contributed by atoms with van der Waals surface area (Å²) in [6.45, 7) is 0. The van der Waals surface area contributed by atoms with Gasteiger partial charge in [0, 0.05) is 23.6 Å². The largest absolute Gasteiger partial charge is 0.212 e. The van der Waals surface area contributed by atoms with Gasteiger partial charge in [-0.15, -0.1) is 0 Å². The molecule has 0 atom stereocenters. The highest BCUT2D eigenvalue weighted by Crippen LogP contribution is 2.33. The third-order valence-corrected chi connectivity index (χ3v) is 3.54. The van der Waals surface area contributed by atoms with Crippen molar-refractivity contribution in [3.05, 3.63) is 87.5 Å². The van der Waals surface area contributed by atoms with E-state index in [0.717, 1.165) is 0 Å². The second-order valence-electron chi connectivity index (χ2n) is 5.22. The molecule has 0 fully saturated rings. The number of allylic oxidation sites excluding steroid dienone is 2. The van der Waals surface area contributed by atoms with Gasteiger partial charge in [-0.2, -0.15) is 0 Å². The van der Waals surface area contributed by atoms with Gasteiger partial charge in [-0.1, -0.05) is 0 Å². The Hall–Kier alpha value is -2.85. The zero-order valence-electron chi connectivity index (χ0n) is 13.1. The summed E-state index contributed by atoms with van der Waals surface area (Å²) in [6, 6.07) is -0.477. The fraction of sp³-hybridized carbons (Fsp3) is 0.0588. The van der Waals surface area contributed by atoms with Gasteiger partial charge in [-0.3, -0.25) is 0 Å². The maximum absolute atomic E-state index is 14.3. The first kappa shape index (κ1) is 21.5. The van der Waals surface area contributed by atoms with Gasteiger partial charge in [0.05, 0.1) is 5.56 Å². The Labute approximate surface area is 149 Å². The Morgan fingerprint density at radius 3 is 1.57 bits per heavy atom. The number of benzene rings is 2. The molecule has 28 heavy (non-hydrogen) atoms. The molecule has 150 valence electrons. The van der Waals surface area contributed by atoms with Crippen LogP contribution in [-0.2, 0) is 6.42 Å². The minimum absolute atomic E-state index is 0.207. The van der Waals surface area contributed by atoms with Gasteiger partial charge >= 0.3 is 0 Å². The first-order valence-corrected chi connectivity index (χ1v) is 7.01. The highest BCUT2D eigenvalue weighted by Gasteiger charge is 2.27. The van der Waals surface area contributed by atoms with E-state index in [0.29, 0.717) is 0 Å². The van der Waals surface area contributed by atoms with Crippen LogP contribution < -0.4 is 0 Å². The van der Waals surface area contributed by atoms with Gasteiger partial charge in [-0.05, 0) is 6.07 Å². The zero-order chi connectivity index (χ0) is 21.3. The van der Waals surface area contributed by atoms with E-state index in [4.69, 9.17) is 0 Å². The number of halogens is 11. The number of hydrogen-bond donors (Lipinski definition) is 0. The van der Waals surface area contributed by atoms with Crippen LogP contribution in [0.25, 0.3) is 5.83 Å². The molecule has 0 N–H and O–H groups in total. The third kappa shape index (κ3) is 3.73. The van der Waals surface area contributed by atoms with Crippen LogP contribution >= 0.6 is 0 Å². The quantitative estimate of drug-likeness (QED) is 0.297. The molecule has 2 rings (SSSR count). The van der Waals surface area contributed by atoms with Crippen LogP contribution in [0.1, 0.15) is 16.7 Å². The molecule has 2 aromatic rings. The summed E-state index contributed by atoms with van der Waals surface area (Å²) < 4.78 is 147. The van der Waals surface area contributed by atoms with E-state index < -0.39 is 87.6 Å². The second-order valence-corrected chi connectivity index (χ2v) is 5.22. The highest BCUT2D eigenvalue weighted by molar-refractivity contribution is 5.65. The maximum atomic E-state index is 14.3. The van der Waals surface area contributed by atoms with Crippen LogP contribution in [0.2, 0.25) is 0 Å². The van der Waals surface area contributed by atoms with Crippen molar-refractivity contribution in [2.45, 2.75) is 6.42 Å². The van der Waals surface area contributed by atoms with Gasteiger partial charge in [0.1, 0.15) is 12.1 Å². The average Bonchev–Trinajstić information content (AvgIpc) is 2.66. The molecular weight excluding hydrogens is 413 g/mol. The van der Waals surface area contributed by atoms with Crippen molar-refractivity contribution < 1.29 is 48.3 Å². The average molecular weight is 418 g/mol. The van der Waals surface area contributed by atoms with Crippen molar-refractivity contribution in [1.82, 2.24) is 0 Å². The van der Waals surface area contributed by atoms with Crippen molar-refractivity contribution in [2.75, 3.05) is 0 Å². The van der Waals surface area contributed by atoms with Crippen LogP contribution in [0, 0.1) is 40.7 Å². The van der Waals surface area contributed by atoms with E-state index in [-0.39, 0.29) is 12.1 Å². The second kappa shape index (κ2) is 8.03. The highest BCUT2D eigenvalue weighted by atomic mass is 19.2. The fourth-order valence-corrected chi connectivity index (χ4v) is 2.20. The molecule has 0 aliphatic carbocycles.